The fourth-order valence-electron chi connectivity index (χ4n) is 1.90. The molecule has 0 saturated heterocycles. The summed E-state index contributed by atoms with van der Waals surface area (Å²) in [6.07, 6.45) is 2.77. The lowest BCUT2D eigenvalue weighted by atomic mass is 10.1. The second kappa shape index (κ2) is 5.02. The van der Waals surface area contributed by atoms with Gasteiger partial charge in [-0.3, -0.25) is 0 Å². The van der Waals surface area contributed by atoms with Gasteiger partial charge >= 0.3 is 5.97 Å². The van der Waals surface area contributed by atoms with E-state index >= 15 is 0 Å². The number of hydrogen-bond acceptors (Lipinski definition) is 4. The van der Waals surface area contributed by atoms with Crippen LogP contribution in [0.5, 0.6) is 0 Å². The predicted octanol–water partition coefficient (Wildman–Crippen LogP) is 3.35. The number of unbranched alkanes of at least 4 members (excludes halogenated alkanes) is 1. The number of thiophene rings is 1. The van der Waals surface area contributed by atoms with Gasteiger partial charge in [0.15, 0.2) is 5.69 Å². The van der Waals surface area contributed by atoms with Crippen molar-refractivity contribution in [3.8, 4) is 0 Å². The van der Waals surface area contributed by atoms with E-state index in [0.29, 0.717) is 11.2 Å². The lowest BCUT2D eigenvalue weighted by Gasteiger charge is -2.03. The fraction of sp³-hybridized carbons (Fsp3) is 0.462. The molecule has 5 heteroatoms. The zero-order valence-electron chi connectivity index (χ0n) is 10.8. The van der Waals surface area contributed by atoms with Crippen molar-refractivity contribution < 1.29 is 9.90 Å². The molecule has 0 aliphatic rings. The van der Waals surface area contributed by atoms with Gasteiger partial charge in [-0.15, -0.1) is 11.3 Å². The first-order chi connectivity index (χ1) is 8.54. The van der Waals surface area contributed by atoms with Gasteiger partial charge in [0.05, 0.1) is 0 Å². The van der Waals surface area contributed by atoms with Crippen LogP contribution in [0.4, 0.5) is 0 Å². The third-order valence-corrected chi connectivity index (χ3v) is 4.13. The highest BCUT2D eigenvalue weighted by Crippen LogP contribution is 2.30. The minimum atomic E-state index is -0.971. The molecule has 96 valence electrons. The Morgan fingerprint density at radius 3 is 2.67 bits per heavy atom. The maximum Gasteiger partial charge on any atom is 0.355 e. The van der Waals surface area contributed by atoms with Crippen LogP contribution in [-0.2, 0) is 6.42 Å². The number of aromatic nitrogens is 2. The number of carboxylic acids is 1. The maximum absolute atomic E-state index is 11.3. The zero-order valence-corrected chi connectivity index (χ0v) is 11.6. The molecule has 2 aromatic heterocycles. The van der Waals surface area contributed by atoms with E-state index in [1.54, 1.807) is 11.3 Å². The normalized spacial score (nSPS) is 11.1. The van der Waals surface area contributed by atoms with Crippen LogP contribution in [0, 0.1) is 13.8 Å². The van der Waals surface area contributed by atoms with Crippen molar-refractivity contribution in [3.63, 3.8) is 0 Å². The van der Waals surface area contributed by atoms with E-state index in [-0.39, 0.29) is 5.69 Å². The number of carbonyl (C=O) groups is 1. The third kappa shape index (κ3) is 2.22. The van der Waals surface area contributed by atoms with Crippen LogP contribution in [-0.4, -0.2) is 21.0 Å². The summed E-state index contributed by atoms with van der Waals surface area (Å²) in [5, 5.41) is 9.98. The van der Waals surface area contributed by atoms with Gasteiger partial charge in [0.25, 0.3) is 0 Å². The molecule has 0 amide bonds. The molecular weight excluding hydrogens is 248 g/mol. The molecule has 18 heavy (non-hydrogen) atoms. The third-order valence-electron chi connectivity index (χ3n) is 3.03. The van der Waals surface area contributed by atoms with E-state index in [9.17, 15) is 9.90 Å². The molecule has 2 rings (SSSR count). The van der Waals surface area contributed by atoms with Gasteiger partial charge in [-0.05, 0) is 25.8 Å². The van der Waals surface area contributed by atoms with Crippen LogP contribution >= 0.6 is 11.3 Å². The first kappa shape index (κ1) is 13.0. The van der Waals surface area contributed by atoms with Gasteiger partial charge in [0.1, 0.15) is 10.7 Å². The number of nitrogens with zero attached hydrogens (tertiary/aromatic N) is 2. The molecule has 2 heterocycles. The molecule has 0 atom stereocenters. The summed E-state index contributed by atoms with van der Waals surface area (Å²) in [6.45, 7) is 6.00. The molecule has 0 aliphatic carbocycles. The predicted molar refractivity (Wildman–Crippen MR) is 72.5 cm³/mol. The van der Waals surface area contributed by atoms with E-state index in [0.717, 1.165) is 34.5 Å². The van der Waals surface area contributed by atoms with Crippen molar-refractivity contribution >= 4 is 27.5 Å². The Labute approximate surface area is 110 Å². The van der Waals surface area contributed by atoms with Crippen molar-refractivity contribution in [2.75, 3.05) is 0 Å². The van der Waals surface area contributed by atoms with Crippen LogP contribution in [0.2, 0.25) is 0 Å². The minimum absolute atomic E-state index is 0.146. The molecule has 0 fully saturated rings. The molecule has 0 bridgehead atoms. The van der Waals surface area contributed by atoms with E-state index in [2.05, 4.69) is 16.9 Å². The monoisotopic (exact) mass is 264 g/mol. The van der Waals surface area contributed by atoms with Crippen molar-refractivity contribution in [1.29, 1.82) is 0 Å². The molecule has 4 nitrogen and oxygen atoms in total. The highest BCUT2D eigenvalue weighted by atomic mass is 32.1. The Bertz CT molecular complexity index is 605. The summed E-state index contributed by atoms with van der Waals surface area (Å²) in [7, 11) is 0. The molecule has 0 unspecified atom stereocenters. The smallest absolute Gasteiger partial charge is 0.355 e. The summed E-state index contributed by atoms with van der Waals surface area (Å²) in [6, 6.07) is 0. The number of carboxylic acid groups (broad SMARTS) is 1. The zero-order chi connectivity index (χ0) is 13.3. The summed E-state index contributed by atoms with van der Waals surface area (Å²) < 4.78 is 0. The van der Waals surface area contributed by atoms with Crippen molar-refractivity contribution in [2.24, 2.45) is 0 Å². The number of fused-ring (bicyclic) bond motifs is 1. The highest BCUT2D eigenvalue weighted by molar-refractivity contribution is 7.18. The fourth-order valence-corrected chi connectivity index (χ4v) is 2.94. The maximum atomic E-state index is 11.3. The topological polar surface area (TPSA) is 63.1 Å². The summed E-state index contributed by atoms with van der Waals surface area (Å²) in [5.74, 6) is -0.330. The van der Waals surface area contributed by atoms with Crippen LogP contribution < -0.4 is 0 Å². The molecule has 0 spiro atoms. The summed E-state index contributed by atoms with van der Waals surface area (Å²) in [5.41, 5.74) is 1.13. The van der Waals surface area contributed by atoms with Crippen LogP contribution in [0.3, 0.4) is 0 Å². The van der Waals surface area contributed by atoms with E-state index in [4.69, 9.17) is 0 Å². The van der Waals surface area contributed by atoms with E-state index in [1.165, 1.54) is 0 Å². The van der Waals surface area contributed by atoms with Crippen molar-refractivity contribution in [3.05, 3.63) is 22.0 Å². The summed E-state index contributed by atoms with van der Waals surface area (Å²) >= 11 is 1.54. The average Bonchev–Trinajstić information content (AvgIpc) is 2.61. The first-order valence-corrected chi connectivity index (χ1v) is 6.86. The number of aromatic carboxylic acids is 1. The largest absolute Gasteiger partial charge is 0.476 e. The van der Waals surface area contributed by atoms with Crippen LogP contribution in [0.25, 0.3) is 10.2 Å². The Hall–Kier alpha value is -1.49. The van der Waals surface area contributed by atoms with Crippen LogP contribution in [0.15, 0.2) is 0 Å². The molecule has 0 saturated carbocycles. The SMILES string of the molecule is CCCCc1nc(C(=O)O)c2c(C)c(C)sc2n1. The Kier molecular flexibility index (Phi) is 3.61. The molecular formula is C13H16N2O2S. The second-order valence-electron chi connectivity index (χ2n) is 4.36. The number of rotatable bonds is 4. The lowest BCUT2D eigenvalue weighted by Crippen LogP contribution is -2.06. The van der Waals surface area contributed by atoms with Crippen LogP contribution in [0.1, 0.15) is 46.5 Å². The Morgan fingerprint density at radius 1 is 1.33 bits per heavy atom. The Morgan fingerprint density at radius 2 is 2.06 bits per heavy atom. The highest BCUT2D eigenvalue weighted by Gasteiger charge is 2.18. The molecule has 0 radical (unpaired) electrons. The van der Waals surface area contributed by atoms with Crippen molar-refractivity contribution in [2.45, 2.75) is 40.0 Å². The van der Waals surface area contributed by atoms with Gasteiger partial charge in [-0.2, -0.15) is 0 Å². The molecule has 0 aliphatic heterocycles. The van der Waals surface area contributed by atoms with Gasteiger partial charge in [0.2, 0.25) is 0 Å². The Balaban J connectivity index is 2.63. The van der Waals surface area contributed by atoms with Gasteiger partial charge in [-0.25, -0.2) is 14.8 Å². The first-order valence-electron chi connectivity index (χ1n) is 6.04. The van der Waals surface area contributed by atoms with Gasteiger partial charge < -0.3 is 5.11 Å². The second-order valence-corrected chi connectivity index (χ2v) is 5.56. The molecule has 1 N–H and O–H groups in total. The number of aryl methyl sites for hydroxylation is 3. The standard InChI is InChI=1S/C13H16N2O2S/c1-4-5-6-9-14-11(13(16)17)10-7(2)8(3)18-12(10)15-9/h4-6H2,1-3H3,(H,16,17). The summed E-state index contributed by atoms with van der Waals surface area (Å²) in [4.78, 5) is 21.9. The quantitative estimate of drug-likeness (QED) is 0.919. The lowest BCUT2D eigenvalue weighted by molar-refractivity contribution is 0.0692. The minimum Gasteiger partial charge on any atom is -0.476 e. The molecule has 2 aromatic rings. The van der Waals surface area contributed by atoms with Gasteiger partial charge in [0, 0.05) is 16.7 Å². The van der Waals surface area contributed by atoms with Gasteiger partial charge in [-0.1, -0.05) is 13.3 Å². The van der Waals surface area contributed by atoms with E-state index < -0.39 is 5.97 Å². The average molecular weight is 264 g/mol. The number of hydrogen-bond donors (Lipinski definition) is 1. The van der Waals surface area contributed by atoms with Crippen molar-refractivity contribution in [1.82, 2.24) is 9.97 Å². The van der Waals surface area contributed by atoms with E-state index in [1.807, 2.05) is 13.8 Å². The molecule has 0 aromatic carbocycles.